The number of ether oxygens (including phenoxy) is 1. The summed E-state index contributed by atoms with van der Waals surface area (Å²) < 4.78 is 33.1. The smallest absolute Gasteiger partial charge is 0.240 e. The molecule has 0 saturated carbocycles. The number of nitrogens with zero attached hydrogens (tertiary/aromatic N) is 2. The molecule has 2 rings (SSSR count). The fourth-order valence-electron chi connectivity index (χ4n) is 2.02. The summed E-state index contributed by atoms with van der Waals surface area (Å²) >= 11 is 0. The standard InChI is InChI=1S/C11H19N3O4S/c1-3-17-8(2)11-13-10(18-14-11)6-12-9-4-5-19(15,16)7-9/h8-9,12H,3-7H2,1-2H3. The van der Waals surface area contributed by atoms with Crippen molar-refractivity contribution in [3.05, 3.63) is 11.7 Å². The van der Waals surface area contributed by atoms with Gasteiger partial charge in [-0.15, -0.1) is 0 Å². The maximum absolute atomic E-state index is 11.3. The van der Waals surface area contributed by atoms with Crippen molar-refractivity contribution in [2.24, 2.45) is 0 Å². The molecule has 2 unspecified atom stereocenters. The van der Waals surface area contributed by atoms with Crippen LogP contribution >= 0.6 is 0 Å². The molecule has 1 aromatic heterocycles. The average molecular weight is 289 g/mol. The Labute approximate surface area is 112 Å². The van der Waals surface area contributed by atoms with Crippen molar-refractivity contribution in [3.8, 4) is 0 Å². The molecule has 0 spiro atoms. The van der Waals surface area contributed by atoms with Crippen LogP contribution in [0.1, 0.15) is 38.1 Å². The minimum atomic E-state index is -2.86. The lowest BCUT2D eigenvalue weighted by atomic mass is 10.3. The lowest BCUT2D eigenvalue weighted by Gasteiger charge is -2.07. The van der Waals surface area contributed by atoms with E-state index in [1.165, 1.54) is 0 Å². The summed E-state index contributed by atoms with van der Waals surface area (Å²) in [6.45, 7) is 4.73. The first kappa shape index (κ1) is 14.4. The first-order valence-electron chi connectivity index (χ1n) is 6.38. The Morgan fingerprint density at radius 2 is 2.37 bits per heavy atom. The summed E-state index contributed by atoms with van der Waals surface area (Å²) in [5, 5.41) is 6.96. The maximum Gasteiger partial charge on any atom is 0.240 e. The molecular formula is C11H19N3O4S. The number of nitrogens with one attached hydrogen (secondary N) is 1. The van der Waals surface area contributed by atoms with Crippen LogP contribution in [0.4, 0.5) is 0 Å². The van der Waals surface area contributed by atoms with Crippen LogP contribution < -0.4 is 5.32 Å². The predicted octanol–water partition coefficient (Wildman–Crippen LogP) is 0.444. The normalized spacial score (nSPS) is 23.6. The summed E-state index contributed by atoms with van der Waals surface area (Å²) in [7, 11) is -2.86. The van der Waals surface area contributed by atoms with Gasteiger partial charge in [0.15, 0.2) is 15.7 Å². The molecule has 1 saturated heterocycles. The minimum absolute atomic E-state index is 0.0235. The quantitative estimate of drug-likeness (QED) is 0.812. The van der Waals surface area contributed by atoms with Gasteiger partial charge in [-0.25, -0.2) is 8.42 Å². The van der Waals surface area contributed by atoms with E-state index < -0.39 is 9.84 Å². The van der Waals surface area contributed by atoms with Gasteiger partial charge in [0, 0.05) is 12.6 Å². The van der Waals surface area contributed by atoms with E-state index in [-0.39, 0.29) is 23.7 Å². The monoisotopic (exact) mass is 289 g/mol. The van der Waals surface area contributed by atoms with Gasteiger partial charge in [0.1, 0.15) is 6.10 Å². The third kappa shape index (κ3) is 3.99. The van der Waals surface area contributed by atoms with E-state index >= 15 is 0 Å². The van der Waals surface area contributed by atoms with Gasteiger partial charge < -0.3 is 14.6 Å². The maximum atomic E-state index is 11.3. The third-order valence-corrected chi connectivity index (χ3v) is 4.81. The first-order chi connectivity index (χ1) is 9.00. The Morgan fingerprint density at radius 1 is 1.58 bits per heavy atom. The number of aromatic nitrogens is 2. The van der Waals surface area contributed by atoms with E-state index in [9.17, 15) is 8.42 Å². The van der Waals surface area contributed by atoms with Crippen molar-refractivity contribution in [1.29, 1.82) is 0 Å². The number of sulfone groups is 1. The summed E-state index contributed by atoms with van der Waals surface area (Å²) in [6.07, 6.45) is 0.438. The van der Waals surface area contributed by atoms with Crippen molar-refractivity contribution in [2.45, 2.75) is 39.0 Å². The predicted molar refractivity (Wildman–Crippen MR) is 68.2 cm³/mol. The van der Waals surface area contributed by atoms with E-state index in [0.29, 0.717) is 31.3 Å². The molecule has 1 aliphatic rings. The molecule has 1 fully saturated rings. The van der Waals surface area contributed by atoms with Crippen molar-refractivity contribution in [1.82, 2.24) is 15.5 Å². The van der Waals surface area contributed by atoms with Crippen LogP contribution in [0.5, 0.6) is 0 Å². The second-order valence-electron chi connectivity index (χ2n) is 4.62. The van der Waals surface area contributed by atoms with Gasteiger partial charge in [0.2, 0.25) is 5.89 Å². The molecule has 1 aromatic rings. The highest BCUT2D eigenvalue weighted by Gasteiger charge is 2.27. The summed E-state index contributed by atoms with van der Waals surface area (Å²) in [5.41, 5.74) is 0. The Kier molecular flexibility index (Phi) is 4.54. The van der Waals surface area contributed by atoms with Gasteiger partial charge in [-0.05, 0) is 20.3 Å². The zero-order valence-electron chi connectivity index (χ0n) is 11.1. The Bertz CT molecular complexity index is 514. The lowest BCUT2D eigenvalue weighted by Crippen LogP contribution is -2.29. The van der Waals surface area contributed by atoms with Crippen LogP contribution in [0, 0.1) is 0 Å². The molecule has 7 nitrogen and oxygen atoms in total. The molecule has 108 valence electrons. The van der Waals surface area contributed by atoms with Crippen molar-refractivity contribution in [2.75, 3.05) is 18.1 Å². The fraction of sp³-hybridized carbons (Fsp3) is 0.818. The molecule has 8 heteroatoms. The lowest BCUT2D eigenvalue weighted by molar-refractivity contribution is 0.0683. The van der Waals surface area contributed by atoms with Crippen LogP contribution in [0.25, 0.3) is 0 Å². The SMILES string of the molecule is CCOC(C)c1noc(CNC2CCS(=O)(=O)C2)n1. The highest BCUT2D eigenvalue weighted by atomic mass is 32.2. The molecular weight excluding hydrogens is 270 g/mol. The van der Waals surface area contributed by atoms with Gasteiger partial charge in [-0.2, -0.15) is 4.98 Å². The van der Waals surface area contributed by atoms with E-state index in [1.807, 2.05) is 13.8 Å². The minimum Gasteiger partial charge on any atom is -0.371 e. The molecule has 19 heavy (non-hydrogen) atoms. The van der Waals surface area contributed by atoms with Crippen molar-refractivity contribution in [3.63, 3.8) is 0 Å². The topological polar surface area (TPSA) is 94.3 Å². The molecule has 0 amide bonds. The molecule has 0 aliphatic carbocycles. The van der Waals surface area contributed by atoms with Gasteiger partial charge in [0.25, 0.3) is 0 Å². The molecule has 1 N–H and O–H groups in total. The second-order valence-corrected chi connectivity index (χ2v) is 6.85. The highest BCUT2D eigenvalue weighted by molar-refractivity contribution is 7.91. The van der Waals surface area contributed by atoms with E-state index in [4.69, 9.17) is 9.26 Å². The van der Waals surface area contributed by atoms with Crippen LogP contribution in [-0.4, -0.2) is 42.7 Å². The van der Waals surface area contributed by atoms with Gasteiger partial charge in [-0.1, -0.05) is 5.16 Å². The number of hydrogen-bond acceptors (Lipinski definition) is 7. The zero-order chi connectivity index (χ0) is 13.9. The van der Waals surface area contributed by atoms with E-state index in [2.05, 4.69) is 15.5 Å². The molecule has 2 heterocycles. The number of hydrogen-bond donors (Lipinski definition) is 1. The molecule has 1 aliphatic heterocycles. The zero-order valence-corrected chi connectivity index (χ0v) is 11.9. The van der Waals surface area contributed by atoms with Crippen molar-refractivity contribution >= 4 is 9.84 Å². The van der Waals surface area contributed by atoms with E-state index in [0.717, 1.165) is 0 Å². The summed E-state index contributed by atoms with van der Waals surface area (Å²) in [5.74, 6) is 1.40. The molecule has 0 radical (unpaired) electrons. The van der Waals surface area contributed by atoms with Crippen LogP contribution in [0.3, 0.4) is 0 Å². The summed E-state index contributed by atoms with van der Waals surface area (Å²) in [6, 6.07) is -0.0235. The first-order valence-corrected chi connectivity index (χ1v) is 8.20. The largest absolute Gasteiger partial charge is 0.371 e. The Balaban J connectivity index is 1.84. The highest BCUT2D eigenvalue weighted by Crippen LogP contribution is 2.14. The number of rotatable bonds is 6. The molecule has 2 atom stereocenters. The Morgan fingerprint density at radius 3 is 3.00 bits per heavy atom. The van der Waals surface area contributed by atoms with Gasteiger partial charge >= 0.3 is 0 Å². The van der Waals surface area contributed by atoms with Crippen LogP contribution in [0.15, 0.2) is 4.52 Å². The molecule has 0 aromatic carbocycles. The van der Waals surface area contributed by atoms with Gasteiger partial charge in [-0.3, -0.25) is 0 Å². The second kappa shape index (κ2) is 5.98. The van der Waals surface area contributed by atoms with Crippen LogP contribution in [0.2, 0.25) is 0 Å². The fourth-order valence-corrected chi connectivity index (χ4v) is 3.73. The molecule has 0 bridgehead atoms. The van der Waals surface area contributed by atoms with E-state index in [1.54, 1.807) is 0 Å². The van der Waals surface area contributed by atoms with Crippen LogP contribution in [-0.2, 0) is 21.1 Å². The average Bonchev–Trinajstić information content (AvgIpc) is 2.93. The summed E-state index contributed by atoms with van der Waals surface area (Å²) in [4.78, 5) is 4.21. The third-order valence-electron chi connectivity index (χ3n) is 3.04. The van der Waals surface area contributed by atoms with Crippen molar-refractivity contribution < 1.29 is 17.7 Å². The Hall–Kier alpha value is -0.990. The van der Waals surface area contributed by atoms with Gasteiger partial charge in [0.05, 0.1) is 18.1 Å².